The van der Waals surface area contributed by atoms with Gasteiger partial charge >= 0.3 is 0 Å². The average Bonchev–Trinajstić information content (AvgIpc) is 3.71. The van der Waals surface area contributed by atoms with Crippen LogP contribution < -0.4 is 14.5 Å². The molecule has 2 aliphatic rings. The van der Waals surface area contributed by atoms with Crippen molar-refractivity contribution in [1.82, 2.24) is 0 Å². The Morgan fingerprint density at radius 3 is 1.59 bits per heavy atom. The van der Waals surface area contributed by atoms with Gasteiger partial charge in [0, 0.05) is 55.8 Å². The zero-order valence-electron chi connectivity index (χ0n) is 41.2. The van der Waals surface area contributed by atoms with Crippen molar-refractivity contribution in [3.8, 4) is 67.1 Å². The summed E-state index contributed by atoms with van der Waals surface area (Å²) >= 11 is 0. The second-order valence-electron chi connectivity index (χ2n) is 20.1. The zero-order chi connectivity index (χ0) is 49.3. The van der Waals surface area contributed by atoms with Crippen molar-refractivity contribution in [3.05, 3.63) is 278 Å². The van der Waals surface area contributed by atoms with Gasteiger partial charge in [0.1, 0.15) is 11.5 Å². The first-order valence-electron chi connectivity index (χ1n) is 25.6. The molecule has 1 aliphatic carbocycles. The number of hydrogen-bond donors (Lipinski definition) is 0. The maximum Gasteiger partial charge on any atom is 0.143 e. The number of benzene rings is 12. The third kappa shape index (κ3) is 7.19. The number of fused-ring (bicyclic) bond motifs is 6. The van der Waals surface area contributed by atoms with Crippen molar-refractivity contribution in [1.29, 1.82) is 0 Å². The van der Waals surface area contributed by atoms with Crippen LogP contribution in [0.2, 0.25) is 0 Å². The highest BCUT2D eigenvalue weighted by Gasteiger charge is 2.36. The van der Waals surface area contributed by atoms with Gasteiger partial charge in [-0.05, 0) is 157 Å². The Labute approximate surface area is 432 Å². The van der Waals surface area contributed by atoms with Gasteiger partial charge in [-0.15, -0.1) is 0 Å². The predicted octanol–water partition coefficient (Wildman–Crippen LogP) is 20.0. The number of hydrogen-bond acceptors (Lipinski definition) is 3. The summed E-state index contributed by atoms with van der Waals surface area (Å²) in [4.78, 5) is 4.75. The topological polar surface area (TPSA) is 15.7 Å². The SMILES string of the molecule is CC1(C)c2ccccc2-c2cc(N(c3ccc(-c4ccccc4)cc3)c3cc(-c4ccc5cccc6c5c4Oc4cc(-c5ccc(N(c7ccccc7)c7ccccc7)cc5)ccc4-6)cc4ccccc34)ccc21. The fraction of sp³-hybridized carbons (Fsp3) is 0.0423. The molecular formula is C71H50N2O. The Morgan fingerprint density at radius 1 is 0.311 bits per heavy atom. The van der Waals surface area contributed by atoms with E-state index in [2.05, 4.69) is 291 Å². The van der Waals surface area contributed by atoms with E-state index >= 15 is 0 Å². The van der Waals surface area contributed by atoms with Crippen molar-refractivity contribution >= 4 is 55.7 Å². The van der Waals surface area contributed by atoms with Gasteiger partial charge in [-0.3, -0.25) is 0 Å². The summed E-state index contributed by atoms with van der Waals surface area (Å²) in [7, 11) is 0. The van der Waals surface area contributed by atoms with Gasteiger partial charge in [-0.25, -0.2) is 0 Å². The minimum Gasteiger partial charge on any atom is -0.455 e. The second kappa shape index (κ2) is 17.4. The van der Waals surface area contributed by atoms with Crippen LogP contribution in [0, 0.1) is 0 Å². The maximum atomic E-state index is 7.29. The monoisotopic (exact) mass is 946 g/mol. The highest BCUT2D eigenvalue weighted by molar-refractivity contribution is 6.10. The first kappa shape index (κ1) is 43.4. The summed E-state index contributed by atoms with van der Waals surface area (Å²) in [5.41, 5.74) is 20.8. The Balaban J connectivity index is 0.897. The van der Waals surface area contributed by atoms with Crippen LogP contribution in [-0.4, -0.2) is 0 Å². The van der Waals surface area contributed by atoms with E-state index in [1.807, 2.05) is 0 Å². The molecule has 12 aromatic rings. The molecule has 350 valence electrons. The lowest BCUT2D eigenvalue weighted by Crippen LogP contribution is -2.15. The summed E-state index contributed by atoms with van der Waals surface area (Å²) in [5, 5.41) is 4.59. The summed E-state index contributed by atoms with van der Waals surface area (Å²) < 4.78 is 7.29. The molecule has 0 radical (unpaired) electrons. The molecule has 0 saturated carbocycles. The zero-order valence-corrected chi connectivity index (χ0v) is 41.2. The van der Waals surface area contributed by atoms with Crippen LogP contribution in [0.1, 0.15) is 25.0 Å². The number of para-hydroxylation sites is 2. The van der Waals surface area contributed by atoms with E-state index in [9.17, 15) is 0 Å². The molecule has 0 atom stereocenters. The molecule has 1 aliphatic heterocycles. The smallest absolute Gasteiger partial charge is 0.143 e. The normalized spacial score (nSPS) is 12.7. The van der Waals surface area contributed by atoms with E-state index < -0.39 is 0 Å². The van der Waals surface area contributed by atoms with Gasteiger partial charge in [-0.1, -0.05) is 190 Å². The van der Waals surface area contributed by atoms with E-state index in [0.717, 1.165) is 95.0 Å². The molecule has 0 bridgehead atoms. The highest BCUT2D eigenvalue weighted by Crippen LogP contribution is 2.54. The molecule has 0 amide bonds. The molecule has 12 aromatic carbocycles. The van der Waals surface area contributed by atoms with Crippen LogP contribution in [0.5, 0.6) is 11.5 Å². The molecule has 0 N–H and O–H groups in total. The minimum absolute atomic E-state index is 0.105. The van der Waals surface area contributed by atoms with Crippen LogP contribution >= 0.6 is 0 Å². The Hall–Kier alpha value is -9.44. The molecule has 0 unspecified atom stereocenters. The van der Waals surface area contributed by atoms with Gasteiger partial charge in [0.15, 0.2) is 0 Å². The number of anilines is 6. The van der Waals surface area contributed by atoms with E-state index in [1.54, 1.807) is 0 Å². The van der Waals surface area contributed by atoms with Crippen LogP contribution in [0.25, 0.3) is 77.2 Å². The molecule has 3 nitrogen and oxygen atoms in total. The third-order valence-electron chi connectivity index (χ3n) is 15.4. The molecule has 1 heterocycles. The second-order valence-corrected chi connectivity index (χ2v) is 20.1. The van der Waals surface area contributed by atoms with Crippen molar-refractivity contribution in [3.63, 3.8) is 0 Å². The number of nitrogens with zero attached hydrogens (tertiary/aromatic N) is 2. The van der Waals surface area contributed by atoms with Gasteiger partial charge in [0.05, 0.1) is 5.69 Å². The Morgan fingerprint density at radius 2 is 0.851 bits per heavy atom. The van der Waals surface area contributed by atoms with Crippen LogP contribution in [0.4, 0.5) is 34.1 Å². The van der Waals surface area contributed by atoms with Crippen LogP contribution in [-0.2, 0) is 5.41 Å². The van der Waals surface area contributed by atoms with Crippen LogP contribution in [0.15, 0.2) is 267 Å². The Kier molecular flexibility index (Phi) is 10.2. The largest absolute Gasteiger partial charge is 0.455 e. The number of ether oxygens (including phenoxy) is 1. The molecule has 14 rings (SSSR count). The molecule has 3 heteroatoms. The molecule has 0 saturated heterocycles. The fourth-order valence-electron chi connectivity index (χ4n) is 11.8. The first-order chi connectivity index (χ1) is 36.4. The number of rotatable bonds is 9. The summed E-state index contributed by atoms with van der Waals surface area (Å²) in [5.74, 6) is 1.72. The van der Waals surface area contributed by atoms with Crippen molar-refractivity contribution in [2.75, 3.05) is 9.80 Å². The van der Waals surface area contributed by atoms with Gasteiger partial charge in [-0.2, -0.15) is 0 Å². The standard InChI is InChI=1S/C71H50N2O/c1-71(2)65-28-15-14-26-61(65)64-46-58(39-42-66(64)71)73(57-37-29-48(30-38-57)47-17-6-3-7-18-47)67-44-53(43-52-19-12-13-25-59(52)67)60-40-33-50-20-16-27-63-62-41-34-51(45-68(62)74-70(60)69(50)63)49-31-35-56(36-32-49)72(54-21-8-4-9-22-54)55-23-10-5-11-24-55/h3-46H,1-2H3. The predicted molar refractivity (Wildman–Crippen MR) is 310 cm³/mol. The van der Waals surface area contributed by atoms with Crippen molar-refractivity contribution < 1.29 is 4.74 Å². The third-order valence-corrected chi connectivity index (χ3v) is 15.4. The van der Waals surface area contributed by atoms with Gasteiger partial charge in [0.2, 0.25) is 0 Å². The molecular weight excluding hydrogens is 897 g/mol. The van der Waals surface area contributed by atoms with E-state index in [1.165, 1.54) is 38.9 Å². The van der Waals surface area contributed by atoms with E-state index in [-0.39, 0.29) is 5.41 Å². The maximum absolute atomic E-state index is 7.29. The fourth-order valence-corrected chi connectivity index (χ4v) is 11.8. The summed E-state index contributed by atoms with van der Waals surface area (Å²) in [6.45, 7) is 4.70. The lowest BCUT2D eigenvalue weighted by molar-refractivity contribution is 0.489. The van der Waals surface area contributed by atoms with Gasteiger partial charge in [0.25, 0.3) is 0 Å². The lowest BCUT2D eigenvalue weighted by Gasteiger charge is -2.29. The molecule has 0 spiro atoms. The van der Waals surface area contributed by atoms with E-state index in [4.69, 9.17) is 4.74 Å². The summed E-state index contributed by atoms with van der Waals surface area (Å²) in [6.07, 6.45) is 0. The van der Waals surface area contributed by atoms with E-state index in [0.29, 0.717) is 0 Å². The minimum atomic E-state index is -0.105. The van der Waals surface area contributed by atoms with Crippen molar-refractivity contribution in [2.45, 2.75) is 19.3 Å². The first-order valence-corrected chi connectivity index (χ1v) is 25.6. The van der Waals surface area contributed by atoms with Crippen molar-refractivity contribution in [2.24, 2.45) is 0 Å². The Bertz CT molecular complexity index is 4070. The van der Waals surface area contributed by atoms with Gasteiger partial charge < -0.3 is 14.5 Å². The average molecular weight is 947 g/mol. The summed E-state index contributed by atoms with van der Waals surface area (Å²) in [6, 6.07) is 96.9. The quantitative estimate of drug-likeness (QED) is 0.143. The molecule has 0 aromatic heterocycles. The lowest BCUT2D eigenvalue weighted by atomic mass is 9.82. The van der Waals surface area contributed by atoms with Crippen LogP contribution in [0.3, 0.4) is 0 Å². The molecule has 74 heavy (non-hydrogen) atoms. The highest BCUT2D eigenvalue weighted by atomic mass is 16.5. The molecule has 0 fully saturated rings.